The molecule has 1 amide bonds. The maximum atomic E-state index is 13.0. The summed E-state index contributed by atoms with van der Waals surface area (Å²) in [5.74, 6) is -0.0512. The molecule has 1 heterocycles. The van der Waals surface area contributed by atoms with Crippen LogP contribution in [0.2, 0.25) is 0 Å². The van der Waals surface area contributed by atoms with Gasteiger partial charge in [-0.3, -0.25) is 4.79 Å². The standard InChI is InChI=1S/C23H31N3O3S/c1-5-24(6-2)21-10-8-20(9-11-21)23(27)25-13-15-26(16-14-25)30(28,29)22-12-7-18(3)17-19(22)4/h7-12,17H,5-6,13-16H2,1-4H3. The van der Waals surface area contributed by atoms with E-state index < -0.39 is 10.0 Å². The van der Waals surface area contributed by atoms with Crippen LogP contribution >= 0.6 is 0 Å². The summed E-state index contributed by atoms with van der Waals surface area (Å²) in [6.45, 7) is 11.2. The number of nitrogens with zero attached hydrogens (tertiary/aromatic N) is 3. The summed E-state index contributed by atoms with van der Waals surface area (Å²) in [5.41, 5.74) is 3.52. The summed E-state index contributed by atoms with van der Waals surface area (Å²) in [4.78, 5) is 17.2. The van der Waals surface area contributed by atoms with E-state index in [1.54, 1.807) is 11.0 Å². The topological polar surface area (TPSA) is 60.9 Å². The zero-order valence-electron chi connectivity index (χ0n) is 18.3. The van der Waals surface area contributed by atoms with Crippen molar-refractivity contribution in [2.75, 3.05) is 44.2 Å². The summed E-state index contributed by atoms with van der Waals surface area (Å²) in [6, 6.07) is 13.0. The van der Waals surface area contributed by atoms with Crippen molar-refractivity contribution in [3.8, 4) is 0 Å². The Kier molecular flexibility index (Phi) is 6.83. The molecular formula is C23H31N3O3S. The van der Waals surface area contributed by atoms with Crippen LogP contribution in [0.25, 0.3) is 0 Å². The Morgan fingerprint density at radius 1 is 0.933 bits per heavy atom. The number of hydrogen-bond donors (Lipinski definition) is 0. The molecule has 30 heavy (non-hydrogen) atoms. The summed E-state index contributed by atoms with van der Waals surface area (Å²) in [5, 5.41) is 0. The lowest BCUT2D eigenvalue weighted by Crippen LogP contribution is -2.50. The molecule has 0 aromatic heterocycles. The van der Waals surface area contributed by atoms with Crippen LogP contribution in [0.1, 0.15) is 35.3 Å². The molecular weight excluding hydrogens is 398 g/mol. The highest BCUT2D eigenvalue weighted by Crippen LogP contribution is 2.23. The SMILES string of the molecule is CCN(CC)c1ccc(C(=O)N2CCN(S(=O)(=O)c3ccc(C)cc3C)CC2)cc1. The van der Waals surface area contributed by atoms with Gasteiger partial charge >= 0.3 is 0 Å². The monoisotopic (exact) mass is 429 g/mol. The van der Waals surface area contributed by atoms with E-state index in [9.17, 15) is 13.2 Å². The smallest absolute Gasteiger partial charge is 0.253 e. The van der Waals surface area contributed by atoms with Crippen molar-refractivity contribution < 1.29 is 13.2 Å². The molecule has 1 aliphatic heterocycles. The summed E-state index contributed by atoms with van der Waals surface area (Å²) in [6.07, 6.45) is 0. The number of anilines is 1. The predicted octanol–water partition coefficient (Wildman–Crippen LogP) is 3.30. The average molecular weight is 430 g/mol. The highest BCUT2D eigenvalue weighted by atomic mass is 32.2. The Balaban J connectivity index is 1.67. The van der Waals surface area contributed by atoms with Crippen LogP contribution in [0.3, 0.4) is 0 Å². The lowest BCUT2D eigenvalue weighted by molar-refractivity contribution is 0.0698. The number of carbonyl (C=O) groups excluding carboxylic acids is 1. The van der Waals surface area contributed by atoms with Crippen molar-refractivity contribution in [1.82, 2.24) is 9.21 Å². The van der Waals surface area contributed by atoms with E-state index in [1.807, 2.05) is 50.2 Å². The molecule has 162 valence electrons. The molecule has 0 bridgehead atoms. The quantitative estimate of drug-likeness (QED) is 0.707. The van der Waals surface area contributed by atoms with Crippen LogP contribution in [0.4, 0.5) is 5.69 Å². The van der Waals surface area contributed by atoms with Gasteiger partial charge in [-0.05, 0) is 63.6 Å². The van der Waals surface area contributed by atoms with Crippen LogP contribution in [0.15, 0.2) is 47.4 Å². The average Bonchev–Trinajstić information content (AvgIpc) is 2.74. The first-order valence-corrected chi connectivity index (χ1v) is 11.9. The van der Waals surface area contributed by atoms with Crippen LogP contribution in [-0.4, -0.2) is 62.8 Å². The third kappa shape index (κ3) is 4.52. The van der Waals surface area contributed by atoms with E-state index in [0.29, 0.717) is 36.6 Å². The lowest BCUT2D eigenvalue weighted by atomic mass is 10.1. The van der Waals surface area contributed by atoms with Gasteiger partial charge in [0.2, 0.25) is 10.0 Å². The minimum atomic E-state index is -3.55. The molecule has 3 rings (SSSR count). The molecule has 1 fully saturated rings. The van der Waals surface area contributed by atoms with Crippen molar-refractivity contribution in [2.24, 2.45) is 0 Å². The van der Waals surface area contributed by atoms with Gasteiger partial charge in [0, 0.05) is 50.5 Å². The van der Waals surface area contributed by atoms with E-state index in [1.165, 1.54) is 4.31 Å². The molecule has 2 aromatic rings. The van der Waals surface area contributed by atoms with Crippen molar-refractivity contribution >= 4 is 21.6 Å². The fourth-order valence-electron chi connectivity index (χ4n) is 3.95. The highest BCUT2D eigenvalue weighted by Gasteiger charge is 2.31. The van der Waals surface area contributed by atoms with Gasteiger partial charge in [-0.2, -0.15) is 4.31 Å². The van der Waals surface area contributed by atoms with Gasteiger partial charge in [-0.1, -0.05) is 17.7 Å². The molecule has 1 saturated heterocycles. The number of carbonyl (C=O) groups is 1. The second kappa shape index (κ2) is 9.18. The van der Waals surface area contributed by atoms with Crippen molar-refractivity contribution in [1.29, 1.82) is 0 Å². The molecule has 0 N–H and O–H groups in total. The summed E-state index contributed by atoms with van der Waals surface area (Å²) < 4.78 is 27.6. The van der Waals surface area contributed by atoms with E-state index in [2.05, 4.69) is 18.7 Å². The number of sulfonamides is 1. The van der Waals surface area contributed by atoms with Gasteiger partial charge in [0.15, 0.2) is 0 Å². The van der Waals surface area contributed by atoms with Crippen LogP contribution in [-0.2, 0) is 10.0 Å². The number of benzene rings is 2. The van der Waals surface area contributed by atoms with Crippen LogP contribution in [0.5, 0.6) is 0 Å². The number of amides is 1. The molecule has 0 radical (unpaired) electrons. The second-order valence-electron chi connectivity index (χ2n) is 7.68. The molecule has 0 unspecified atom stereocenters. The van der Waals surface area contributed by atoms with Gasteiger partial charge in [-0.25, -0.2) is 8.42 Å². The van der Waals surface area contributed by atoms with E-state index >= 15 is 0 Å². The largest absolute Gasteiger partial charge is 0.372 e. The number of piperazine rings is 1. The summed E-state index contributed by atoms with van der Waals surface area (Å²) >= 11 is 0. The Labute approximate surface area is 180 Å². The Bertz CT molecular complexity index is 991. The predicted molar refractivity (Wildman–Crippen MR) is 121 cm³/mol. The molecule has 0 atom stereocenters. The van der Waals surface area contributed by atoms with Gasteiger partial charge in [0.25, 0.3) is 5.91 Å². The van der Waals surface area contributed by atoms with Crippen molar-refractivity contribution in [3.63, 3.8) is 0 Å². The molecule has 1 aliphatic rings. The molecule has 0 spiro atoms. The van der Waals surface area contributed by atoms with Gasteiger partial charge in [0.05, 0.1) is 4.90 Å². The van der Waals surface area contributed by atoms with E-state index in [4.69, 9.17) is 0 Å². The van der Waals surface area contributed by atoms with Gasteiger partial charge < -0.3 is 9.80 Å². The first-order valence-electron chi connectivity index (χ1n) is 10.5. The Morgan fingerprint density at radius 2 is 1.53 bits per heavy atom. The third-order valence-corrected chi connectivity index (χ3v) is 7.78. The molecule has 2 aromatic carbocycles. The maximum Gasteiger partial charge on any atom is 0.253 e. The highest BCUT2D eigenvalue weighted by molar-refractivity contribution is 7.89. The Hall–Kier alpha value is -2.38. The first-order chi connectivity index (χ1) is 14.3. The number of rotatable bonds is 6. The minimum absolute atomic E-state index is 0.0512. The van der Waals surface area contributed by atoms with E-state index in [0.717, 1.165) is 29.9 Å². The lowest BCUT2D eigenvalue weighted by Gasteiger charge is -2.34. The third-order valence-electron chi connectivity index (χ3n) is 5.72. The molecule has 6 nitrogen and oxygen atoms in total. The number of aryl methyl sites for hydroxylation is 2. The maximum absolute atomic E-state index is 13.0. The second-order valence-corrected chi connectivity index (χ2v) is 9.59. The zero-order chi connectivity index (χ0) is 21.9. The van der Waals surface area contributed by atoms with Crippen LogP contribution in [0, 0.1) is 13.8 Å². The zero-order valence-corrected chi connectivity index (χ0v) is 19.1. The first kappa shape index (κ1) is 22.3. The fourth-order valence-corrected chi connectivity index (χ4v) is 5.57. The van der Waals surface area contributed by atoms with Crippen molar-refractivity contribution in [2.45, 2.75) is 32.6 Å². The summed E-state index contributed by atoms with van der Waals surface area (Å²) in [7, 11) is -3.55. The van der Waals surface area contributed by atoms with Crippen LogP contribution < -0.4 is 4.90 Å². The fraction of sp³-hybridized carbons (Fsp3) is 0.435. The number of hydrogen-bond acceptors (Lipinski definition) is 4. The molecule has 0 aliphatic carbocycles. The normalized spacial score (nSPS) is 15.3. The minimum Gasteiger partial charge on any atom is -0.372 e. The molecule has 7 heteroatoms. The Morgan fingerprint density at radius 3 is 2.07 bits per heavy atom. The van der Waals surface area contributed by atoms with E-state index in [-0.39, 0.29) is 5.91 Å². The van der Waals surface area contributed by atoms with Gasteiger partial charge in [0.1, 0.15) is 0 Å². The van der Waals surface area contributed by atoms with Crippen molar-refractivity contribution in [3.05, 3.63) is 59.2 Å². The van der Waals surface area contributed by atoms with Gasteiger partial charge in [-0.15, -0.1) is 0 Å². The molecule has 0 saturated carbocycles.